The molecule has 132 valence electrons. The highest BCUT2D eigenvalue weighted by Gasteiger charge is 2.11. The fraction of sp³-hybridized carbons (Fsp3) is 0.333. The average Bonchev–Trinajstić information content (AvgIpc) is 2.54. The number of aromatic amines is 1. The first-order valence-corrected chi connectivity index (χ1v) is 8.04. The number of anilines is 1. The molecule has 0 bridgehead atoms. The molecule has 0 atom stereocenters. The minimum atomic E-state index is -0.401. The van der Waals surface area contributed by atoms with Crippen molar-refractivity contribution in [1.82, 2.24) is 9.97 Å². The summed E-state index contributed by atoms with van der Waals surface area (Å²) in [6.07, 6.45) is 0.468. The predicted molar refractivity (Wildman–Crippen MR) is 93.7 cm³/mol. The van der Waals surface area contributed by atoms with Gasteiger partial charge in [-0.05, 0) is 51.5 Å². The molecule has 0 fully saturated rings. The molecule has 0 aliphatic heterocycles. The first kappa shape index (κ1) is 18.4. The van der Waals surface area contributed by atoms with Gasteiger partial charge in [0.1, 0.15) is 5.82 Å². The molecule has 1 aromatic heterocycles. The van der Waals surface area contributed by atoms with Crippen molar-refractivity contribution >= 4 is 17.6 Å². The molecular weight excluding hydrogens is 322 g/mol. The average molecular weight is 343 g/mol. The maximum Gasteiger partial charge on any atom is 0.338 e. The number of ether oxygens (including phenoxy) is 1. The molecule has 1 aromatic carbocycles. The Bertz CT molecular complexity index is 825. The molecule has 0 saturated carbocycles. The predicted octanol–water partition coefficient (Wildman–Crippen LogP) is 2.13. The Hall–Kier alpha value is -2.96. The molecule has 1 heterocycles. The Morgan fingerprint density at radius 2 is 1.88 bits per heavy atom. The van der Waals surface area contributed by atoms with Crippen molar-refractivity contribution < 1.29 is 14.3 Å². The van der Waals surface area contributed by atoms with Gasteiger partial charge in [-0.2, -0.15) is 0 Å². The maximum atomic E-state index is 12.1. The fourth-order valence-electron chi connectivity index (χ4n) is 2.41. The lowest BCUT2D eigenvalue weighted by Crippen LogP contribution is -2.20. The number of aromatic nitrogens is 2. The van der Waals surface area contributed by atoms with Gasteiger partial charge in [0.05, 0.1) is 12.2 Å². The van der Waals surface area contributed by atoms with Gasteiger partial charge >= 0.3 is 5.97 Å². The van der Waals surface area contributed by atoms with E-state index >= 15 is 0 Å². The summed E-state index contributed by atoms with van der Waals surface area (Å²) < 4.78 is 4.90. The van der Waals surface area contributed by atoms with E-state index in [1.54, 1.807) is 45.0 Å². The van der Waals surface area contributed by atoms with Gasteiger partial charge in [0.25, 0.3) is 5.56 Å². The van der Waals surface area contributed by atoms with Gasteiger partial charge in [-0.1, -0.05) is 0 Å². The molecule has 0 aliphatic rings. The van der Waals surface area contributed by atoms with Gasteiger partial charge in [-0.25, -0.2) is 9.78 Å². The van der Waals surface area contributed by atoms with Gasteiger partial charge in [0.15, 0.2) is 0 Å². The monoisotopic (exact) mass is 343 g/mol. The molecule has 7 nitrogen and oxygen atoms in total. The topological polar surface area (TPSA) is 101 Å². The number of H-pyrrole nitrogens is 1. The minimum absolute atomic E-state index is 0.161. The van der Waals surface area contributed by atoms with Gasteiger partial charge in [-0.3, -0.25) is 9.59 Å². The van der Waals surface area contributed by atoms with Crippen LogP contribution >= 0.6 is 0 Å². The number of rotatable bonds is 6. The second-order valence-electron chi connectivity index (χ2n) is 5.56. The van der Waals surface area contributed by atoms with Crippen LogP contribution in [0, 0.1) is 13.8 Å². The molecule has 2 rings (SSSR count). The van der Waals surface area contributed by atoms with E-state index < -0.39 is 5.97 Å². The highest BCUT2D eigenvalue weighted by Crippen LogP contribution is 2.12. The Morgan fingerprint density at radius 3 is 2.48 bits per heavy atom. The molecule has 0 aliphatic carbocycles. The second kappa shape index (κ2) is 8.23. The number of esters is 1. The van der Waals surface area contributed by atoms with Crippen molar-refractivity contribution in [3.8, 4) is 0 Å². The zero-order chi connectivity index (χ0) is 18.4. The van der Waals surface area contributed by atoms with E-state index in [1.807, 2.05) is 0 Å². The summed E-state index contributed by atoms with van der Waals surface area (Å²) in [5.74, 6) is -0.0670. The van der Waals surface area contributed by atoms with Crippen LogP contribution in [-0.2, 0) is 16.0 Å². The van der Waals surface area contributed by atoms with E-state index in [1.165, 1.54) is 0 Å². The van der Waals surface area contributed by atoms with Crippen molar-refractivity contribution in [2.45, 2.75) is 33.6 Å². The van der Waals surface area contributed by atoms with Crippen LogP contribution in [0.1, 0.15) is 40.8 Å². The number of hydrogen-bond donors (Lipinski definition) is 2. The third-order valence-corrected chi connectivity index (χ3v) is 3.62. The number of carbonyl (C=O) groups is 2. The lowest BCUT2D eigenvalue weighted by molar-refractivity contribution is -0.116. The third-order valence-electron chi connectivity index (χ3n) is 3.62. The SMILES string of the molecule is CCOC(=O)c1ccc(NC(=O)CCc2c(C)nc(C)[nH]c2=O)cc1. The molecule has 25 heavy (non-hydrogen) atoms. The number of aryl methyl sites for hydroxylation is 2. The van der Waals surface area contributed by atoms with Crippen molar-refractivity contribution in [2.24, 2.45) is 0 Å². The summed E-state index contributed by atoms with van der Waals surface area (Å²) in [4.78, 5) is 42.4. The number of nitrogens with one attached hydrogen (secondary N) is 2. The molecule has 0 unspecified atom stereocenters. The number of amides is 1. The Kier molecular flexibility index (Phi) is 6.05. The maximum absolute atomic E-state index is 12.1. The van der Waals surface area contributed by atoms with Crippen LogP contribution in [0.2, 0.25) is 0 Å². The summed E-state index contributed by atoms with van der Waals surface area (Å²) in [5, 5.41) is 2.74. The molecule has 2 aromatic rings. The van der Waals surface area contributed by atoms with E-state index in [4.69, 9.17) is 4.74 Å². The molecule has 0 spiro atoms. The number of nitrogens with zero attached hydrogens (tertiary/aromatic N) is 1. The molecule has 1 amide bonds. The summed E-state index contributed by atoms with van der Waals surface area (Å²) in [7, 11) is 0. The summed E-state index contributed by atoms with van der Waals surface area (Å²) in [5.41, 5.74) is 1.93. The normalized spacial score (nSPS) is 10.4. The zero-order valence-corrected chi connectivity index (χ0v) is 14.5. The number of hydrogen-bond acceptors (Lipinski definition) is 5. The molecule has 0 saturated heterocycles. The largest absolute Gasteiger partial charge is 0.462 e. The van der Waals surface area contributed by atoms with Crippen molar-refractivity contribution in [3.05, 3.63) is 57.3 Å². The first-order chi connectivity index (χ1) is 11.9. The fourth-order valence-corrected chi connectivity index (χ4v) is 2.41. The van der Waals surface area contributed by atoms with Gasteiger partial charge in [-0.15, -0.1) is 0 Å². The highest BCUT2D eigenvalue weighted by molar-refractivity contribution is 5.93. The van der Waals surface area contributed by atoms with Crippen LogP contribution < -0.4 is 10.9 Å². The van der Waals surface area contributed by atoms with Crippen molar-refractivity contribution in [2.75, 3.05) is 11.9 Å². The molecule has 2 N–H and O–H groups in total. The van der Waals surface area contributed by atoms with Crippen LogP contribution in [0.4, 0.5) is 5.69 Å². The minimum Gasteiger partial charge on any atom is -0.462 e. The smallest absolute Gasteiger partial charge is 0.338 e. The van der Waals surface area contributed by atoms with E-state index in [9.17, 15) is 14.4 Å². The first-order valence-electron chi connectivity index (χ1n) is 8.04. The van der Waals surface area contributed by atoms with Crippen LogP contribution in [0.15, 0.2) is 29.1 Å². The summed E-state index contributed by atoms with van der Waals surface area (Å²) in [6.45, 7) is 5.51. The standard InChI is InChI=1S/C18H21N3O4/c1-4-25-18(24)13-5-7-14(8-6-13)21-16(22)10-9-15-11(2)19-12(3)20-17(15)23/h5-8H,4,9-10H2,1-3H3,(H,21,22)(H,19,20,23). The lowest BCUT2D eigenvalue weighted by Gasteiger charge is -2.08. The van der Waals surface area contributed by atoms with Crippen LogP contribution in [0.3, 0.4) is 0 Å². The van der Waals surface area contributed by atoms with E-state index in [0.717, 1.165) is 0 Å². The van der Waals surface area contributed by atoms with E-state index in [0.29, 0.717) is 41.4 Å². The van der Waals surface area contributed by atoms with Gasteiger partial charge in [0.2, 0.25) is 5.91 Å². The van der Waals surface area contributed by atoms with Crippen LogP contribution in [0.25, 0.3) is 0 Å². The molecule has 7 heteroatoms. The van der Waals surface area contributed by atoms with E-state index in [-0.39, 0.29) is 17.9 Å². The van der Waals surface area contributed by atoms with Gasteiger partial charge in [0, 0.05) is 23.4 Å². The van der Waals surface area contributed by atoms with Crippen molar-refractivity contribution in [1.29, 1.82) is 0 Å². The Morgan fingerprint density at radius 1 is 1.20 bits per heavy atom. The molecular formula is C18H21N3O4. The second-order valence-corrected chi connectivity index (χ2v) is 5.56. The van der Waals surface area contributed by atoms with Crippen molar-refractivity contribution in [3.63, 3.8) is 0 Å². The lowest BCUT2D eigenvalue weighted by atomic mass is 10.1. The summed E-state index contributed by atoms with van der Waals surface area (Å²) >= 11 is 0. The Balaban J connectivity index is 1.95. The highest BCUT2D eigenvalue weighted by atomic mass is 16.5. The van der Waals surface area contributed by atoms with E-state index in [2.05, 4.69) is 15.3 Å². The van der Waals surface area contributed by atoms with Gasteiger partial charge < -0.3 is 15.0 Å². The molecule has 0 radical (unpaired) electrons. The number of carbonyl (C=O) groups excluding carboxylic acids is 2. The Labute approximate surface area is 145 Å². The quantitative estimate of drug-likeness (QED) is 0.783. The zero-order valence-electron chi connectivity index (χ0n) is 14.5. The summed E-state index contributed by atoms with van der Waals surface area (Å²) in [6, 6.07) is 6.45. The van der Waals surface area contributed by atoms with Crippen LogP contribution in [0.5, 0.6) is 0 Å². The third kappa shape index (κ3) is 5.00. The van der Waals surface area contributed by atoms with Crippen LogP contribution in [-0.4, -0.2) is 28.5 Å². The number of benzene rings is 1.